The van der Waals surface area contributed by atoms with Gasteiger partial charge in [-0.25, -0.2) is 8.78 Å². The van der Waals surface area contributed by atoms with Gasteiger partial charge < -0.3 is 14.8 Å². The van der Waals surface area contributed by atoms with Gasteiger partial charge in [0.2, 0.25) is 0 Å². The Balaban J connectivity index is 1.80. The van der Waals surface area contributed by atoms with Gasteiger partial charge in [0.1, 0.15) is 29.7 Å². The number of anilines is 1. The zero-order chi connectivity index (χ0) is 21.7. The van der Waals surface area contributed by atoms with Crippen LogP contribution in [0.15, 0.2) is 60.7 Å². The van der Waals surface area contributed by atoms with E-state index in [1.807, 2.05) is 24.3 Å². The molecule has 30 heavy (non-hydrogen) atoms. The molecule has 0 aliphatic heterocycles. The van der Waals surface area contributed by atoms with Crippen LogP contribution in [0.3, 0.4) is 0 Å². The number of ether oxygens (including phenoxy) is 2. The van der Waals surface area contributed by atoms with Crippen molar-refractivity contribution in [2.24, 2.45) is 0 Å². The van der Waals surface area contributed by atoms with E-state index in [9.17, 15) is 13.6 Å². The van der Waals surface area contributed by atoms with Gasteiger partial charge in [0.25, 0.3) is 5.91 Å². The number of rotatable bonds is 7. The van der Waals surface area contributed by atoms with Crippen molar-refractivity contribution in [3.63, 3.8) is 0 Å². The molecule has 6 heteroatoms. The number of amides is 1. The monoisotopic (exact) mass is 411 g/mol. The molecule has 1 amide bonds. The Morgan fingerprint density at radius 1 is 1.00 bits per heavy atom. The molecular weight excluding hydrogens is 388 g/mol. The van der Waals surface area contributed by atoms with E-state index < -0.39 is 17.5 Å². The molecule has 0 fully saturated rings. The van der Waals surface area contributed by atoms with E-state index in [1.54, 1.807) is 18.2 Å². The summed E-state index contributed by atoms with van der Waals surface area (Å²) in [6, 6.07) is 15.6. The lowest BCUT2D eigenvalue weighted by molar-refractivity contribution is 0.102. The summed E-state index contributed by atoms with van der Waals surface area (Å²) in [5.74, 6) is -0.445. The van der Waals surface area contributed by atoms with Crippen LogP contribution in [0.25, 0.3) is 0 Å². The Morgan fingerprint density at radius 3 is 2.47 bits per heavy atom. The lowest BCUT2D eigenvalue weighted by Crippen LogP contribution is -2.14. The van der Waals surface area contributed by atoms with Gasteiger partial charge >= 0.3 is 0 Å². The molecule has 0 unspecified atom stereocenters. The Labute approximate surface area is 174 Å². The van der Waals surface area contributed by atoms with E-state index in [2.05, 4.69) is 19.2 Å². The molecule has 0 spiro atoms. The first-order valence-corrected chi connectivity index (χ1v) is 9.54. The van der Waals surface area contributed by atoms with Gasteiger partial charge in [0, 0.05) is 17.2 Å². The molecule has 0 heterocycles. The average molecular weight is 411 g/mol. The van der Waals surface area contributed by atoms with Crippen molar-refractivity contribution in [1.82, 2.24) is 0 Å². The van der Waals surface area contributed by atoms with E-state index in [1.165, 1.54) is 13.2 Å². The van der Waals surface area contributed by atoms with Crippen LogP contribution in [-0.2, 0) is 6.61 Å². The summed E-state index contributed by atoms with van der Waals surface area (Å²) in [7, 11) is 1.54. The summed E-state index contributed by atoms with van der Waals surface area (Å²) in [6.45, 7) is 4.36. The second-order valence-electron chi connectivity index (χ2n) is 7.09. The third-order valence-electron chi connectivity index (χ3n) is 4.65. The van der Waals surface area contributed by atoms with Crippen molar-refractivity contribution in [1.29, 1.82) is 0 Å². The van der Waals surface area contributed by atoms with E-state index in [0.717, 1.165) is 23.4 Å². The summed E-state index contributed by atoms with van der Waals surface area (Å²) in [4.78, 5) is 12.6. The van der Waals surface area contributed by atoms with Crippen molar-refractivity contribution in [2.75, 3.05) is 12.4 Å². The first-order valence-electron chi connectivity index (χ1n) is 9.54. The van der Waals surface area contributed by atoms with Gasteiger partial charge in [0.05, 0.1) is 12.8 Å². The normalized spacial score (nSPS) is 10.7. The van der Waals surface area contributed by atoms with E-state index >= 15 is 0 Å². The molecule has 0 bridgehead atoms. The predicted octanol–water partition coefficient (Wildman–Crippen LogP) is 5.93. The molecule has 0 radical (unpaired) electrons. The second kappa shape index (κ2) is 9.39. The Morgan fingerprint density at radius 2 is 1.77 bits per heavy atom. The predicted molar refractivity (Wildman–Crippen MR) is 112 cm³/mol. The van der Waals surface area contributed by atoms with Crippen LogP contribution in [-0.4, -0.2) is 13.0 Å². The number of carbonyl (C=O) groups is 1. The van der Waals surface area contributed by atoms with E-state index in [-0.39, 0.29) is 12.3 Å². The van der Waals surface area contributed by atoms with Crippen molar-refractivity contribution in [2.45, 2.75) is 26.4 Å². The lowest BCUT2D eigenvalue weighted by atomic mass is 10.0. The lowest BCUT2D eigenvalue weighted by Gasteiger charge is -2.16. The average Bonchev–Trinajstić information content (AvgIpc) is 2.74. The fourth-order valence-electron chi connectivity index (χ4n) is 3.06. The molecule has 4 nitrogen and oxygen atoms in total. The van der Waals surface area contributed by atoms with Crippen LogP contribution < -0.4 is 14.8 Å². The zero-order valence-corrected chi connectivity index (χ0v) is 17.0. The summed E-state index contributed by atoms with van der Waals surface area (Å²) in [5.41, 5.74) is 1.96. The van der Waals surface area contributed by atoms with Crippen molar-refractivity contribution < 1.29 is 23.0 Å². The van der Waals surface area contributed by atoms with Gasteiger partial charge in [-0.1, -0.05) is 32.0 Å². The molecule has 156 valence electrons. The molecule has 0 saturated heterocycles. The van der Waals surface area contributed by atoms with Crippen LogP contribution in [0.1, 0.15) is 41.3 Å². The Kier molecular flexibility index (Phi) is 6.67. The molecule has 3 aromatic carbocycles. The van der Waals surface area contributed by atoms with Crippen molar-refractivity contribution in [3.05, 3.63) is 89.0 Å². The van der Waals surface area contributed by atoms with Gasteiger partial charge in [-0.05, 0) is 47.9 Å². The van der Waals surface area contributed by atoms with Gasteiger partial charge in [-0.3, -0.25) is 4.79 Å². The van der Waals surface area contributed by atoms with Crippen LogP contribution in [0.2, 0.25) is 0 Å². The second-order valence-corrected chi connectivity index (χ2v) is 7.09. The number of hydrogen-bond donors (Lipinski definition) is 1. The Hall–Kier alpha value is -3.41. The molecule has 0 aromatic heterocycles. The molecule has 0 saturated carbocycles. The minimum Gasteiger partial charge on any atom is -0.496 e. The van der Waals surface area contributed by atoms with Crippen LogP contribution >= 0.6 is 0 Å². The van der Waals surface area contributed by atoms with E-state index in [0.29, 0.717) is 22.8 Å². The molecule has 0 aliphatic carbocycles. The maximum absolute atomic E-state index is 13.8. The first-order chi connectivity index (χ1) is 14.4. The fraction of sp³-hybridized carbons (Fsp3) is 0.208. The third-order valence-corrected chi connectivity index (χ3v) is 4.65. The number of hydrogen-bond acceptors (Lipinski definition) is 3. The summed E-state index contributed by atoms with van der Waals surface area (Å²) >= 11 is 0. The highest BCUT2D eigenvalue weighted by molar-refractivity contribution is 6.04. The number of halogens is 2. The zero-order valence-electron chi connectivity index (χ0n) is 17.0. The van der Waals surface area contributed by atoms with Gasteiger partial charge in [-0.15, -0.1) is 0 Å². The van der Waals surface area contributed by atoms with Crippen molar-refractivity contribution >= 4 is 11.6 Å². The van der Waals surface area contributed by atoms with Crippen LogP contribution in [0.4, 0.5) is 14.5 Å². The molecule has 0 aliphatic rings. The van der Waals surface area contributed by atoms with Crippen LogP contribution in [0, 0.1) is 11.6 Å². The topological polar surface area (TPSA) is 47.6 Å². The molecule has 3 rings (SSSR count). The maximum atomic E-state index is 13.8. The SMILES string of the molecule is COc1ccc(C(=O)Nc2ccc(F)cc2F)cc1COc1ccccc1C(C)C. The number of benzene rings is 3. The molecule has 0 atom stereocenters. The van der Waals surface area contributed by atoms with Crippen LogP contribution in [0.5, 0.6) is 11.5 Å². The number of para-hydroxylation sites is 1. The summed E-state index contributed by atoms with van der Waals surface area (Å²) in [6.07, 6.45) is 0. The largest absolute Gasteiger partial charge is 0.496 e. The highest BCUT2D eigenvalue weighted by Crippen LogP contribution is 2.28. The minimum absolute atomic E-state index is 0.0964. The van der Waals surface area contributed by atoms with Gasteiger partial charge in [-0.2, -0.15) is 0 Å². The summed E-state index contributed by atoms with van der Waals surface area (Å²) < 4.78 is 38.3. The first kappa shape index (κ1) is 21.3. The molecular formula is C24H23F2NO3. The number of nitrogens with one attached hydrogen (secondary N) is 1. The van der Waals surface area contributed by atoms with Crippen molar-refractivity contribution in [3.8, 4) is 11.5 Å². The molecule has 3 aromatic rings. The smallest absolute Gasteiger partial charge is 0.255 e. The van der Waals surface area contributed by atoms with Gasteiger partial charge in [0.15, 0.2) is 0 Å². The number of carbonyl (C=O) groups excluding carboxylic acids is 1. The number of methoxy groups -OCH3 is 1. The standard InChI is InChI=1S/C24H23F2NO3/c1-15(2)19-6-4-5-7-23(19)30-14-17-12-16(8-11-22(17)29-3)24(28)27-21-10-9-18(25)13-20(21)26/h4-13,15H,14H2,1-3H3,(H,27,28). The molecule has 1 N–H and O–H groups in total. The maximum Gasteiger partial charge on any atom is 0.255 e. The van der Waals surface area contributed by atoms with E-state index in [4.69, 9.17) is 9.47 Å². The summed E-state index contributed by atoms with van der Waals surface area (Å²) in [5, 5.41) is 2.45. The Bertz CT molecular complexity index is 1050. The fourth-order valence-corrected chi connectivity index (χ4v) is 3.06. The highest BCUT2D eigenvalue weighted by atomic mass is 19.1. The highest BCUT2D eigenvalue weighted by Gasteiger charge is 2.14. The quantitative estimate of drug-likeness (QED) is 0.524. The third kappa shape index (κ3) is 4.95. The minimum atomic E-state index is -0.842.